The molecule has 164 valence electrons. The van der Waals surface area contributed by atoms with Crippen LogP contribution in [-0.2, 0) is 20.6 Å². The Kier molecular flexibility index (Phi) is 5.58. The lowest BCUT2D eigenvalue weighted by Gasteiger charge is -2.11. The number of phenolic OH excluding ortho intramolecular Hbond substituents is 1. The number of aromatic nitrogens is 4. The van der Waals surface area contributed by atoms with Gasteiger partial charge in [-0.05, 0) is 30.7 Å². The second-order valence-corrected chi connectivity index (χ2v) is 7.72. The van der Waals surface area contributed by atoms with Crippen LogP contribution < -0.4 is 16.7 Å². The molecule has 0 spiro atoms. The van der Waals surface area contributed by atoms with Crippen molar-refractivity contribution in [3.63, 3.8) is 0 Å². The van der Waals surface area contributed by atoms with Crippen LogP contribution in [0.2, 0.25) is 5.02 Å². The van der Waals surface area contributed by atoms with Crippen molar-refractivity contribution in [2.24, 2.45) is 19.2 Å². The van der Waals surface area contributed by atoms with Crippen LogP contribution in [0.5, 0.6) is 5.75 Å². The first-order valence-corrected chi connectivity index (χ1v) is 10.2. The van der Waals surface area contributed by atoms with Crippen molar-refractivity contribution < 1.29 is 5.11 Å². The van der Waals surface area contributed by atoms with Gasteiger partial charge in [0.25, 0.3) is 5.56 Å². The molecule has 4 rings (SSSR count). The summed E-state index contributed by atoms with van der Waals surface area (Å²) in [6.07, 6.45) is 0. The van der Waals surface area contributed by atoms with E-state index in [9.17, 15) is 14.7 Å². The zero-order valence-corrected chi connectivity index (χ0v) is 18.5. The van der Waals surface area contributed by atoms with E-state index in [0.29, 0.717) is 16.3 Å². The Morgan fingerprint density at radius 3 is 2.50 bits per heavy atom. The fourth-order valence-corrected chi connectivity index (χ4v) is 3.65. The molecule has 4 aromatic rings. The van der Waals surface area contributed by atoms with E-state index in [1.54, 1.807) is 48.9 Å². The van der Waals surface area contributed by atoms with Crippen LogP contribution in [0.4, 0.5) is 5.95 Å². The maximum absolute atomic E-state index is 13.0. The van der Waals surface area contributed by atoms with Gasteiger partial charge in [-0.15, -0.1) is 0 Å². The molecular formula is C22H21ClN6O3. The van der Waals surface area contributed by atoms with Crippen LogP contribution in [0.1, 0.15) is 18.1 Å². The molecule has 0 fully saturated rings. The van der Waals surface area contributed by atoms with Crippen molar-refractivity contribution in [3.8, 4) is 5.75 Å². The molecule has 2 aromatic heterocycles. The Morgan fingerprint density at radius 2 is 1.78 bits per heavy atom. The van der Waals surface area contributed by atoms with Gasteiger partial charge in [0.15, 0.2) is 11.2 Å². The number of halogens is 1. The van der Waals surface area contributed by atoms with Crippen molar-refractivity contribution in [1.29, 1.82) is 0 Å². The van der Waals surface area contributed by atoms with Gasteiger partial charge in [-0.2, -0.15) is 10.1 Å². The minimum Gasteiger partial charge on any atom is -0.507 e. The molecule has 2 heterocycles. The molecule has 0 aliphatic carbocycles. The zero-order valence-electron chi connectivity index (χ0n) is 17.7. The van der Waals surface area contributed by atoms with E-state index in [1.165, 1.54) is 11.6 Å². The predicted octanol–water partition coefficient (Wildman–Crippen LogP) is 2.68. The van der Waals surface area contributed by atoms with Crippen LogP contribution >= 0.6 is 11.6 Å². The number of fused-ring (bicyclic) bond motifs is 1. The number of rotatable bonds is 5. The first-order chi connectivity index (χ1) is 15.3. The molecule has 0 aliphatic heterocycles. The number of aromatic hydroxyl groups is 1. The predicted molar refractivity (Wildman–Crippen MR) is 125 cm³/mol. The highest BCUT2D eigenvalue weighted by molar-refractivity contribution is 6.31. The Balaban J connectivity index is 1.89. The minimum absolute atomic E-state index is 0.0939. The van der Waals surface area contributed by atoms with E-state index in [1.807, 2.05) is 18.2 Å². The van der Waals surface area contributed by atoms with Crippen molar-refractivity contribution in [1.82, 2.24) is 18.7 Å². The Hall–Kier alpha value is -3.85. The molecule has 0 unspecified atom stereocenters. The number of aryl methyl sites for hydroxylation is 1. The number of hydrazone groups is 1. The summed E-state index contributed by atoms with van der Waals surface area (Å²) in [5.41, 5.74) is 4.24. The fraction of sp³-hybridized carbons (Fsp3) is 0.182. The summed E-state index contributed by atoms with van der Waals surface area (Å²) in [7, 11) is 2.97. The summed E-state index contributed by atoms with van der Waals surface area (Å²) in [4.78, 5) is 29.9. The third-order valence-corrected chi connectivity index (χ3v) is 5.62. The summed E-state index contributed by atoms with van der Waals surface area (Å²) < 4.78 is 3.98. The number of nitrogens with zero attached hydrogens (tertiary/aromatic N) is 5. The lowest BCUT2D eigenvalue weighted by Crippen LogP contribution is -2.37. The summed E-state index contributed by atoms with van der Waals surface area (Å²) in [5.74, 6) is 0.351. The number of para-hydroxylation sites is 1. The van der Waals surface area contributed by atoms with Gasteiger partial charge in [0, 0.05) is 24.7 Å². The highest BCUT2D eigenvalue weighted by atomic mass is 35.5. The number of imidazole rings is 1. The number of anilines is 1. The van der Waals surface area contributed by atoms with Gasteiger partial charge < -0.3 is 5.11 Å². The SMILES string of the molecule is C/C(=N/Nc1nc2c(c(=O)n(C)c(=O)n2C)n1Cc1ccccc1Cl)c1ccccc1O. The van der Waals surface area contributed by atoms with Gasteiger partial charge in [-0.25, -0.2) is 10.2 Å². The Morgan fingerprint density at radius 1 is 1.09 bits per heavy atom. The normalized spacial score (nSPS) is 11.8. The molecule has 0 saturated heterocycles. The fourth-order valence-electron chi connectivity index (χ4n) is 3.46. The van der Waals surface area contributed by atoms with Crippen LogP contribution in [0, 0.1) is 0 Å². The standard InChI is InChI=1S/C22H21ClN6O3/c1-13(15-9-5-7-11-17(15)30)25-26-21-24-19-18(20(31)28(3)22(32)27(19)2)29(21)12-14-8-4-6-10-16(14)23/h4-11,30H,12H2,1-3H3,(H,24,26)/b25-13-. The molecular weight excluding hydrogens is 432 g/mol. The van der Waals surface area contributed by atoms with E-state index in [0.717, 1.165) is 10.1 Å². The molecule has 32 heavy (non-hydrogen) atoms. The monoisotopic (exact) mass is 452 g/mol. The van der Waals surface area contributed by atoms with E-state index < -0.39 is 11.2 Å². The Bertz CT molecular complexity index is 1480. The van der Waals surface area contributed by atoms with E-state index in [2.05, 4.69) is 15.5 Å². The average molecular weight is 453 g/mol. The number of benzene rings is 2. The highest BCUT2D eigenvalue weighted by Crippen LogP contribution is 2.22. The molecule has 10 heteroatoms. The number of phenols is 1. The minimum atomic E-state index is -0.481. The van der Waals surface area contributed by atoms with Gasteiger partial charge in [-0.1, -0.05) is 41.9 Å². The van der Waals surface area contributed by atoms with Crippen LogP contribution in [-0.4, -0.2) is 29.5 Å². The second-order valence-electron chi connectivity index (χ2n) is 7.32. The molecule has 9 nitrogen and oxygen atoms in total. The van der Waals surface area contributed by atoms with E-state index >= 15 is 0 Å². The lowest BCUT2D eigenvalue weighted by molar-refractivity contribution is 0.474. The lowest BCUT2D eigenvalue weighted by atomic mass is 10.1. The van der Waals surface area contributed by atoms with Gasteiger partial charge in [0.2, 0.25) is 5.95 Å². The highest BCUT2D eigenvalue weighted by Gasteiger charge is 2.20. The van der Waals surface area contributed by atoms with Crippen molar-refractivity contribution in [2.45, 2.75) is 13.5 Å². The summed E-state index contributed by atoms with van der Waals surface area (Å²) in [6.45, 7) is 1.97. The molecule has 2 N–H and O–H groups in total. The first-order valence-electron chi connectivity index (χ1n) is 9.78. The van der Waals surface area contributed by atoms with Gasteiger partial charge in [-0.3, -0.25) is 18.5 Å². The molecule has 0 saturated carbocycles. The number of nitrogens with one attached hydrogen (secondary N) is 1. The summed E-state index contributed by atoms with van der Waals surface area (Å²) >= 11 is 6.35. The zero-order chi connectivity index (χ0) is 23.0. The summed E-state index contributed by atoms with van der Waals surface area (Å²) in [5, 5.41) is 15.0. The molecule has 2 aromatic carbocycles. The average Bonchev–Trinajstić information content (AvgIpc) is 3.14. The van der Waals surface area contributed by atoms with Crippen LogP contribution in [0.3, 0.4) is 0 Å². The Labute approximate surface area is 187 Å². The van der Waals surface area contributed by atoms with Crippen molar-refractivity contribution >= 4 is 34.4 Å². The second kappa shape index (κ2) is 8.35. The first kappa shape index (κ1) is 21.4. The number of hydrogen-bond acceptors (Lipinski definition) is 6. The maximum Gasteiger partial charge on any atom is 0.332 e. The third-order valence-electron chi connectivity index (χ3n) is 5.25. The summed E-state index contributed by atoms with van der Waals surface area (Å²) in [6, 6.07) is 14.1. The molecule has 0 amide bonds. The third kappa shape index (κ3) is 3.67. The van der Waals surface area contributed by atoms with Gasteiger partial charge >= 0.3 is 5.69 Å². The quantitative estimate of drug-likeness (QED) is 0.357. The number of hydrogen-bond donors (Lipinski definition) is 2. The molecule has 0 aliphatic rings. The molecule has 0 atom stereocenters. The molecule has 0 bridgehead atoms. The topological polar surface area (TPSA) is 106 Å². The largest absolute Gasteiger partial charge is 0.507 e. The van der Waals surface area contributed by atoms with Gasteiger partial charge in [0.1, 0.15) is 5.75 Å². The van der Waals surface area contributed by atoms with Crippen molar-refractivity contribution in [3.05, 3.63) is 85.5 Å². The van der Waals surface area contributed by atoms with E-state index in [4.69, 9.17) is 11.6 Å². The van der Waals surface area contributed by atoms with Crippen molar-refractivity contribution in [2.75, 3.05) is 5.43 Å². The maximum atomic E-state index is 13.0. The smallest absolute Gasteiger partial charge is 0.332 e. The van der Waals surface area contributed by atoms with E-state index in [-0.39, 0.29) is 29.4 Å². The van der Waals surface area contributed by atoms with Crippen LogP contribution in [0.15, 0.2) is 63.2 Å². The molecule has 0 radical (unpaired) electrons. The van der Waals surface area contributed by atoms with Gasteiger partial charge in [0.05, 0.1) is 12.3 Å². The van der Waals surface area contributed by atoms with Crippen LogP contribution in [0.25, 0.3) is 11.2 Å².